The SMILES string of the molecule is CCCCCCNC(=O)C(=O)NCCCCCC. The van der Waals surface area contributed by atoms with Gasteiger partial charge in [0.2, 0.25) is 0 Å². The lowest BCUT2D eigenvalue weighted by Crippen LogP contribution is -2.40. The van der Waals surface area contributed by atoms with Crippen molar-refractivity contribution >= 4 is 11.8 Å². The van der Waals surface area contributed by atoms with Gasteiger partial charge in [0.1, 0.15) is 0 Å². The van der Waals surface area contributed by atoms with E-state index in [0.29, 0.717) is 13.1 Å². The molecule has 2 N–H and O–H groups in total. The topological polar surface area (TPSA) is 58.2 Å². The number of amides is 2. The van der Waals surface area contributed by atoms with Gasteiger partial charge in [0.15, 0.2) is 0 Å². The Hall–Kier alpha value is -1.06. The van der Waals surface area contributed by atoms with Crippen LogP contribution in [0.25, 0.3) is 0 Å². The molecular weight excluding hydrogens is 228 g/mol. The predicted molar refractivity (Wildman–Crippen MR) is 74.3 cm³/mol. The van der Waals surface area contributed by atoms with E-state index in [-0.39, 0.29) is 0 Å². The van der Waals surface area contributed by atoms with Gasteiger partial charge in [-0.2, -0.15) is 0 Å². The van der Waals surface area contributed by atoms with Gasteiger partial charge in [-0.25, -0.2) is 0 Å². The largest absolute Gasteiger partial charge is 0.348 e. The number of carbonyl (C=O) groups excluding carboxylic acids is 2. The van der Waals surface area contributed by atoms with E-state index < -0.39 is 11.8 Å². The quantitative estimate of drug-likeness (QED) is 0.466. The van der Waals surface area contributed by atoms with E-state index in [1.807, 2.05) is 0 Å². The number of rotatable bonds is 10. The third-order valence-electron chi connectivity index (χ3n) is 2.84. The molecule has 0 unspecified atom stereocenters. The number of nitrogens with one attached hydrogen (secondary N) is 2. The molecule has 0 fully saturated rings. The van der Waals surface area contributed by atoms with E-state index in [1.54, 1.807) is 0 Å². The Morgan fingerprint density at radius 1 is 0.667 bits per heavy atom. The lowest BCUT2D eigenvalue weighted by Gasteiger charge is -2.06. The molecule has 2 amide bonds. The van der Waals surface area contributed by atoms with Gasteiger partial charge in [0, 0.05) is 13.1 Å². The summed E-state index contributed by atoms with van der Waals surface area (Å²) < 4.78 is 0. The van der Waals surface area contributed by atoms with Gasteiger partial charge < -0.3 is 10.6 Å². The van der Waals surface area contributed by atoms with E-state index in [1.165, 1.54) is 25.7 Å². The maximum Gasteiger partial charge on any atom is 0.309 e. The van der Waals surface area contributed by atoms with Crippen molar-refractivity contribution in [3.05, 3.63) is 0 Å². The summed E-state index contributed by atoms with van der Waals surface area (Å²) >= 11 is 0. The van der Waals surface area contributed by atoms with Crippen molar-refractivity contribution in [2.75, 3.05) is 13.1 Å². The van der Waals surface area contributed by atoms with Crippen molar-refractivity contribution in [2.24, 2.45) is 0 Å². The molecular formula is C14H28N2O2. The predicted octanol–water partition coefficient (Wildman–Crippen LogP) is 2.38. The van der Waals surface area contributed by atoms with Crippen molar-refractivity contribution in [2.45, 2.75) is 65.2 Å². The normalized spacial score (nSPS) is 10.1. The molecule has 0 radical (unpaired) electrons. The van der Waals surface area contributed by atoms with Crippen molar-refractivity contribution in [3.8, 4) is 0 Å². The third-order valence-corrected chi connectivity index (χ3v) is 2.84. The summed E-state index contributed by atoms with van der Waals surface area (Å²) in [5.74, 6) is -0.996. The molecule has 4 nitrogen and oxygen atoms in total. The second-order valence-electron chi connectivity index (χ2n) is 4.63. The fourth-order valence-corrected chi connectivity index (χ4v) is 1.67. The van der Waals surface area contributed by atoms with E-state index in [9.17, 15) is 9.59 Å². The molecule has 0 atom stereocenters. The molecule has 0 heterocycles. The van der Waals surface area contributed by atoms with E-state index in [4.69, 9.17) is 0 Å². The maximum absolute atomic E-state index is 11.4. The summed E-state index contributed by atoms with van der Waals surface area (Å²) in [5.41, 5.74) is 0. The minimum atomic E-state index is -0.498. The van der Waals surface area contributed by atoms with Crippen LogP contribution in [0, 0.1) is 0 Å². The first-order valence-corrected chi connectivity index (χ1v) is 7.28. The Morgan fingerprint density at radius 2 is 1.06 bits per heavy atom. The standard InChI is InChI=1S/C14H28N2O2/c1-3-5-7-9-11-15-13(17)14(18)16-12-10-8-6-4-2/h3-12H2,1-2H3,(H,15,17)(H,16,18). The molecule has 0 spiro atoms. The fourth-order valence-electron chi connectivity index (χ4n) is 1.67. The van der Waals surface area contributed by atoms with Crippen LogP contribution < -0.4 is 10.6 Å². The number of hydrogen-bond acceptors (Lipinski definition) is 2. The molecule has 0 bridgehead atoms. The van der Waals surface area contributed by atoms with Gasteiger partial charge >= 0.3 is 11.8 Å². The minimum Gasteiger partial charge on any atom is -0.348 e. The molecule has 0 rings (SSSR count). The van der Waals surface area contributed by atoms with E-state index in [2.05, 4.69) is 24.5 Å². The van der Waals surface area contributed by atoms with Crippen LogP contribution in [0.15, 0.2) is 0 Å². The third kappa shape index (κ3) is 10.1. The van der Waals surface area contributed by atoms with Crippen molar-refractivity contribution < 1.29 is 9.59 Å². The molecule has 0 saturated carbocycles. The van der Waals surface area contributed by atoms with Crippen LogP contribution in [0.2, 0.25) is 0 Å². The molecule has 0 aliphatic carbocycles. The molecule has 0 aliphatic heterocycles. The number of unbranched alkanes of at least 4 members (excludes halogenated alkanes) is 6. The Bertz CT molecular complexity index is 206. The molecule has 0 aromatic heterocycles. The minimum absolute atomic E-state index is 0.498. The lowest BCUT2D eigenvalue weighted by molar-refractivity contribution is -0.139. The van der Waals surface area contributed by atoms with Crippen molar-refractivity contribution in [1.82, 2.24) is 10.6 Å². The zero-order valence-electron chi connectivity index (χ0n) is 11.9. The van der Waals surface area contributed by atoms with Crippen molar-refractivity contribution in [1.29, 1.82) is 0 Å². The summed E-state index contributed by atoms with van der Waals surface area (Å²) in [6.07, 6.45) is 8.81. The zero-order chi connectivity index (χ0) is 13.6. The zero-order valence-corrected chi connectivity index (χ0v) is 11.9. The fraction of sp³-hybridized carbons (Fsp3) is 0.857. The maximum atomic E-state index is 11.4. The first kappa shape index (κ1) is 16.9. The van der Waals surface area contributed by atoms with Crippen LogP contribution in [0.4, 0.5) is 0 Å². The molecule has 4 heteroatoms. The number of carbonyl (C=O) groups is 2. The van der Waals surface area contributed by atoms with Crippen LogP contribution in [0.5, 0.6) is 0 Å². The Morgan fingerprint density at radius 3 is 1.39 bits per heavy atom. The first-order valence-electron chi connectivity index (χ1n) is 7.28. The summed E-state index contributed by atoms with van der Waals surface area (Å²) in [6, 6.07) is 0. The summed E-state index contributed by atoms with van der Waals surface area (Å²) in [5, 5.41) is 5.28. The Labute approximate surface area is 111 Å². The van der Waals surface area contributed by atoms with Gasteiger partial charge in [-0.1, -0.05) is 52.4 Å². The summed E-state index contributed by atoms with van der Waals surface area (Å²) in [7, 11) is 0. The van der Waals surface area contributed by atoms with Crippen LogP contribution >= 0.6 is 0 Å². The van der Waals surface area contributed by atoms with Crippen LogP contribution in [0.1, 0.15) is 65.2 Å². The van der Waals surface area contributed by atoms with Crippen LogP contribution in [-0.4, -0.2) is 24.9 Å². The highest BCUT2D eigenvalue weighted by Gasteiger charge is 2.11. The Kier molecular flexibility index (Phi) is 11.7. The molecule has 106 valence electrons. The summed E-state index contributed by atoms with van der Waals surface area (Å²) in [4.78, 5) is 22.7. The van der Waals surface area contributed by atoms with Gasteiger partial charge in [-0.15, -0.1) is 0 Å². The Balaban J connectivity index is 3.43. The second kappa shape index (κ2) is 12.4. The second-order valence-corrected chi connectivity index (χ2v) is 4.63. The highest BCUT2D eigenvalue weighted by Crippen LogP contribution is 1.97. The average Bonchev–Trinajstić information content (AvgIpc) is 2.37. The smallest absolute Gasteiger partial charge is 0.309 e. The van der Waals surface area contributed by atoms with E-state index >= 15 is 0 Å². The lowest BCUT2D eigenvalue weighted by atomic mass is 10.2. The number of hydrogen-bond donors (Lipinski definition) is 2. The average molecular weight is 256 g/mol. The van der Waals surface area contributed by atoms with Crippen molar-refractivity contribution in [3.63, 3.8) is 0 Å². The molecule has 0 aromatic carbocycles. The van der Waals surface area contributed by atoms with Gasteiger partial charge in [-0.3, -0.25) is 9.59 Å². The van der Waals surface area contributed by atoms with E-state index in [0.717, 1.165) is 25.7 Å². The van der Waals surface area contributed by atoms with Gasteiger partial charge in [0.05, 0.1) is 0 Å². The highest BCUT2D eigenvalue weighted by molar-refractivity contribution is 6.35. The monoisotopic (exact) mass is 256 g/mol. The molecule has 0 saturated heterocycles. The van der Waals surface area contributed by atoms with Gasteiger partial charge in [-0.05, 0) is 12.8 Å². The van der Waals surface area contributed by atoms with Crippen LogP contribution in [-0.2, 0) is 9.59 Å². The summed E-state index contributed by atoms with van der Waals surface area (Å²) in [6.45, 7) is 5.49. The molecule has 18 heavy (non-hydrogen) atoms. The molecule has 0 aliphatic rings. The highest BCUT2D eigenvalue weighted by atomic mass is 16.2. The molecule has 0 aromatic rings. The first-order chi connectivity index (χ1) is 8.72. The van der Waals surface area contributed by atoms with Crippen LogP contribution in [0.3, 0.4) is 0 Å². The van der Waals surface area contributed by atoms with Gasteiger partial charge in [0.25, 0.3) is 0 Å².